The number of rotatable bonds is 3. The van der Waals surface area contributed by atoms with E-state index in [1.54, 1.807) is 0 Å². The van der Waals surface area contributed by atoms with Gasteiger partial charge in [0.1, 0.15) is 0 Å². The van der Waals surface area contributed by atoms with Gasteiger partial charge in [-0.05, 0) is 18.1 Å². The molecule has 1 aromatic heterocycles. The molecule has 1 nitrogen and oxygen atoms in total. The van der Waals surface area contributed by atoms with Crippen molar-refractivity contribution in [2.75, 3.05) is 5.33 Å². The van der Waals surface area contributed by atoms with Crippen LogP contribution in [0.2, 0.25) is 0 Å². The van der Waals surface area contributed by atoms with E-state index in [2.05, 4.69) is 45.2 Å². The molecule has 2 heteroatoms. The monoisotopic (exact) mass is 261 g/mol. The number of aryl methyl sites for hydroxylation is 1. The molecule has 15 heavy (non-hydrogen) atoms. The van der Waals surface area contributed by atoms with Crippen molar-refractivity contribution < 1.29 is 0 Å². The Hall–Kier alpha value is -1.15. The molecular formula is C13H12BrN. The highest BCUT2D eigenvalue weighted by Crippen LogP contribution is 2.17. The second-order valence-electron chi connectivity index (χ2n) is 3.34. The first-order valence-electron chi connectivity index (χ1n) is 4.96. The van der Waals surface area contributed by atoms with Crippen LogP contribution in [0.25, 0.3) is 11.1 Å². The fourth-order valence-corrected chi connectivity index (χ4v) is 1.88. The molecule has 0 radical (unpaired) electrons. The Kier molecular flexibility index (Phi) is 3.51. The molecule has 0 aliphatic heterocycles. The number of hydrogen-bond donors (Lipinski definition) is 0. The lowest BCUT2D eigenvalue weighted by Gasteiger charge is -2.02. The summed E-state index contributed by atoms with van der Waals surface area (Å²) < 4.78 is 0. The molecule has 0 aliphatic rings. The third-order valence-corrected chi connectivity index (χ3v) is 2.68. The van der Waals surface area contributed by atoms with Crippen LogP contribution >= 0.6 is 15.9 Å². The van der Waals surface area contributed by atoms with Gasteiger partial charge in [-0.15, -0.1) is 0 Å². The first-order valence-corrected chi connectivity index (χ1v) is 6.08. The van der Waals surface area contributed by atoms with E-state index < -0.39 is 0 Å². The van der Waals surface area contributed by atoms with Gasteiger partial charge in [-0.25, -0.2) is 0 Å². The molecule has 1 heterocycles. The predicted molar refractivity (Wildman–Crippen MR) is 67.2 cm³/mol. The van der Waals surface area contributed by atoms with Crippen molar-refractivity contribution in [3.63, 3.8) is 0 Å². The van der Waals surface area contributed by atoms with Crippen LogP contribution in [-0.4, -0.2) is 10.3 Å². The van der Waals surface area contributed by atoms with Crippen LogP contribution in [0.3, 0.4) is 0 Å². The van der Waals surface area contributed by atoms with E-state index in [4.69, 9.17) is 0 Å². The summed E-state index contributed by atoms with van der Waals surface area (Å²) in [6.45, 7) is 0. The third kappa shape index (κ3) is 2.66. The molecule has 0 fully saturated rings. The molecule has 0 N–H and O–H groups in total. The first-order chi connectivity index (χ1) is 7.40. The quantitative estimate of drug-likeness (QED) is 0.769. The number of benzene rings is 1. The van der Waals surface area contributed by atoms with Crippen molar-refractivity contribution in [2.45, 2.75) is 6.42 Å². The minimum atomic E-state index is 0.963. The summed E-state index contributed by atoms with van der Waals surface area (Å²) in [6, 6.07) is 14.5. The van der Waals surface area contributed by atoms with Gasteiger partial charge in [0.15, 0.2) is 0 Å². The molecular weight excluding hydrogens is 250 g/mol. The Morgan fingerprint density at radius 2 is 1.73 bits per heavy atom. The Balaban J connectivity index is 2.24. The van der Waals surface area contributed by atoms with Crippen LogP contribution in [0.4, 0.5) is 0 Å². The molecule has 0 unspecified atom stereocenters. The van der Waals surface area contributed by atoms with Crippen LogP contribution < -0.4 is 0 Å². The van der Waals surface area contributed by atoms with E-state index in [-0.39, 0.29) is 0 Å². The topological polar surface area (TPSA) is 12.9 Å². The van der Waals surface area contributed by atoms with Crippen LogP contribution in [0.15, 0.2) is 48.7 Å². The van der Waals surface area contributed by atoms with E-state index >= 15 is 0 Å². The number of aromatic nitrogens is 1. The molecule has 0 atom stereocenters. The summed E-state index contributed by atoms with van der Waals surface area (Å²) in [5.74, 6) is 0. The summed E-state index contributed by atoms with van der Waals surface area (Å²) >= 11 is 3.41. The van der Waals surface area contributed by atoms with Crippen molar-refractivity contribution in [3.05, 3.63) is 54.4 Å². The highest BCUT2D eigenvalue weighted by atomic mass is 79.9. The second-order valence-corrected chi connectivity index (χ2v) is 4.14. The maximum absolute atomic E-state index is 4.41. The van der Waals surface area contributed by atoms with Gasteiger partial charge in [0.05, 0.1) is 0 Å². The normalized spacial score (nSPS) is 10.2. The van der Waals surface area contributed by atoms with Crippen LogP contribution in [-0.2, 0) is 6.42 Å². The van der Waals surface area contributed by atoms with E-state index in [0.29, 0.717) is 0 Å². The van der Waals surface area contributed by atoms with Gasteiger partial charge in [-0.1, -0.05) is 52.3 Å². The SMILES string of the molecule is BrCCc1ccc(-c2ccccc2)cn1. The summed E-state index contributed by atoms with van der Waals surface area (Å²) in [4.78, 5) is 4.41. The summed E-state index contributed by atoms with van der Waals surface area (Å²) in [5, 5.41) is 0.963. The molecule has 0 saturated heterocycles. The maximum Gasteiger partial charge on any atom is 0.0412 e. The van der Waals surface area contributed by atoms with E-state index in [0.717, 1.165) is 17.4 Å². The molecule has 2 aromatic rings. The van der Waals surface area contributed by atoms with Crippen LogP contribution in [0, 0.1) is 0 Å². The van der Waals surface area contributed by atoms with Gasteiger partial charge in [-0.3, -0.25) is 4.98 Å². The smallest absolute Gasteiger partial charge is 0.0412 e. The number of hydrogen-bond acceptors (Lipinski definition) is 1. The molecule has 1 aromatic carbocycles. The fourth-order valence-electron chi connectivity index (χ4n) is 1.47. The molecule has 0 bridgehead atoms. The third-order valence-electron chi connectivity index (χ3n) is 2.28. The average molecular weight is 262 g/mol. The average Bonchev–Trinajstić information content (AvgIpc) is 2.32. The zero-order valence-electron chi connectivity index (χ0n) is 8.36. The van der Waals surface area contributed by atoms with Crippen molar-refractivity contribution in [2.24, 2.45) is 0 Å². The van der Waals surface area contributed by atoms with E-state index in [1.807, 2.05) is 24.4 Å². The van der Waals surface area contributed by atoms with Gasteiger partial charge < -0.3 is 0 Å². The van der Waals surface area contributed by atoms with Gasteiger partial charge in [0.2, 0.25) is 0 Å². The van der Waals surface area contributed by atoms with Gasteiger partial charge in [-0.2, -0.15) is 0 Å². The van der Waals surface area contributed by atoms with Gasteiger partial charge >= 0.3 is 0 Å². The molecule has 0 saturated carbocycles. The maximum atomic E-state index is 4.41. The lowest BCUT2D eigenvalue weighted by molar-refractivity contribution is 1.05. The first kappa shape index (κ1) is 10.4. The Bertz CT molecular complexity index is 408. The number of pyridine rings is 1. The number of halogens is 1. The van der Waals surface area contributed by atoms with Gasteiger partial charge in [0, 0.05) is 22.8 Å². The van der Waals surface area contributed by atoms with Crippen LogP contribution in [0.1, 0.15) is 5.69 Å². The van der Waals surface area contributed by atoms with E-state index in [1.165, 1.54) is 11.1 Å². The fraction of sp³-hybridized carbons (Fsp3) is 0.154. The largest absolute Gasteiger partial charge is 0.261 e. The molecule has 0 aliphatic carbocycles. The highest BCUT2D eigenvalue weighted by molar-refractivity contribution is 9.09. The van der Waals surface area contributed by atoms with Gasteiger partial charge in [0.25, 0.3) is 0 Å². The summed E-state index contributed by atoms with van der Waals surface area (Å²) in [7, 11) is 0. The molecule has 2 rings (SSSR count). The second kappa shape index (κ2) is 5.08. The Morgan fingerprint density at radius 3 is 2.33 bits per heavy atom. The zero-order chi connectivity index (χ0) is 10.5. The highest BCUT2D eigenvalue weighted by Gasteiger charge is 1.97. The minimum absolute atomic E-state index is 0.963. The summed E-state index contributed by atoms with van der Waals surface area (Å²) in [6.07, 6.45) is 2.92. The Morgan fingerprint density at radius 1 is 0.933 bits per heavy atom. The molecule has 76 valence electrons. The zero-order valence-corrected chi connectivity index (χ0v) is 9.94. The lowest BCUT2D eigenvalue weighted by atomic mass is 10.1. The van der Waals surface area contributed by atoms with Crippen molar-refractivity contribution >= 4 is 15.9 Å². The number of nitrogens with zero attached hydrogens (tertiary/aromatic N) is 1. The minimum Gasteiger partial charge on any atom is -0.261 e. The summed E-state index contributed by atoms with van der Waals surface area (Å²) in [5.41, 5.74) is 3.52. The molecule has 0 spiro atoms. The van der Waals surface area contributed by atoms with E-state index in [9.17, 15) is 0 Å². The van der Waals surface area contributed by atoms with Crippen LogP contribution in [0.5, 0.6) is 0 Å². The lowest BCUT2D eigenvalue weighted by Crippen LogP contribution is -1.90. The Labute approximate surface area is 98.3 Å². The van der Waals surface area contributed by atoms with Crippen molar-refractivity contribution in [3.8, 4) is 11.1 Å². The predicted octanol–water partition coefficient (Wildman–Crippen LogP) is 3.69. The van der Waals surface area contributed by atoms with Crippen molar-refractivity contribution in [1.29, 1.82) is 0 Å². The standard InChI is InChI=1S/C13H12BrN/c14-9-8-13-7-6-12(10-15-13)11-4-2-1-3-5-11/h1-7,10H,8-9H2. The van der Waals surface area contributed by atoms with Crippen molar-refractivity contribution in [1.82, 2.24) is 4.98 Å². The number of alkyl halides is 1. The molecule has 0 amide bonds.